The molecule has 0 unspecified atom stereocenters. The number of hydrogen-bond acceptors (Lipinski definition) is 6. The Morgan fingerprint density at radius 2 is 1.93 bits per heavy atom. The number of benzene rings is 2. The topological polar surface area (TPSA) is 93.0 Å². The number of halogens is 1. The van der Waals surface area contributed by atoms with E-state index in [4.69, 9.17) is 42.8 Å². The number of ether oxygens (including phenoxy) is 2. The maximum absolute atomic E-state index is 12.4. The number of rotatable bonds is 4. The molecule has 0 atom stereocenters. The zero-order valence-corrected chi connectivity index (χ0v) is 16.5. The fourth-order valence-corrected chi connectivity index (χ4v) is 3.20. The predicted octanol–water partition coefficient (Wildman–Crippen LogP) is 3.95. The van der Waals surface area contributed by atoms with Crippen molar-refractivity contribution in [1.29, 1.82) is 0 Å². The highest BCUT2D eigenvalue weighted by Gasteiger charge is 2.17. The van der Waals surface area contributed by atoms with Crippen molar-refractivity contribution >= 4 is 40.5 Å². The van der Waals surface area contributed by atoms with Crippen molar-refractivity contribution in [3.8, 4) is 22.8 Å². The van der Waals surface area contributed by atoms with E-state index >= 15 is 0 Å². The molecule has 1 aliphatic heterocycles. The molecule has 0 aliphatic carbocycles. The van der Waals surface area contributed by atoms with Gasteiger partial charge in [-0.2, -0.15) is 0 Å². The Morgan fingerprint density at radius 3 is 2.72 bits per heavy atom. The van der Waals surface area contributed by atoms with Crippen LogP contribution in [0.3, 0.4) is 0 Å². The molecule has 3 N–H and O–H groups in total. The molecule has 4 rings (SSSR count). The summed E-state index contributed by atoms with van der Waals surface area (Å²) in [6, 6.07) is 13.4. The summed E-state index contributed by atoms with van der Waals surface area (Å²) in [7, 11) is 0. The van der Waals surface area contributed by atoms with Crippen LogP contribution < -0.4 is 20.1 Å². The van der Waals surface area contributed by atoms with Crippen LogP contribution in [0.15, 0.2) is 52.9 Å². The number of aliphatic hydroxyl groups is 1. The van der Waals surface area contributed by atoms with Gasteiger partial charge in [-0.05, 0) is 60.7 Å². The van der Waals surface area contributed by atoms with Crippen LogP contribution in [0.2, 0.25) is 5.02 Å². The molecule has 2 aromatic carbocycles. The minimum absolute atomic E-state index is 0.122. The summed E-state index contributed by atoms with van der Waals surface area (Å²) < 4.78 is 16.0. The molecule has 2 heterocycles. The summed E-state index contributed by atoms with van der Waals surface area (Å²) >= 11 is 11.5. The highest BCUT2D eigenvalue weighted by molar-refractivity contribution is 7.80. The molecule has 1 amide bonds. The number of carbonyl (C=O) groups is 1. The van der Waals surface area contributed by atoms with Gasteiger partial charge in [-0.1, -0.05) is 11.6 Å². The van der Waals surface area contributed by atoms with Gasteiger partial charge in [0.15, 0.2) is 16.6 Å². The highest BCUT2D eigenvalue weighted by Crippen LogP contribution is 2.33. The van der Waals surface area contributed by atoms with Crippen molar-refractivity contribution in [3.63, 3.8) is 0 Å². The fourth-order valence-electron chi connectivity index (χ4n) is 2.77. The van der Waals surface area contributed by atoms with Gasteiger partial charge < -0.3 is 24.3 Å². The molecule has 148 valence electrons. The number of amides is 1. The first-order chi connectivity index (χ1) is 14.0. The predicted molar refractivity (Wildman–Crippen MR) is 111 cm³/mol. The van der Waals surface area contributed by atoms with Gasteiger partial charge in [0.05, 0.1) is 5.02 Å². The molecule has 0 spiro atoms. The van der Waals surface area contributed by atoms with Gasteiger partial charge in [0.25, 0.3) is 5.91 Å². The normalized spacial score (nSPS) is 11.9. The van der Waals surface area contributed by atoms with Crippen molar-refractivity contribution < 1.29 is 23.8 Å². The Morgan fingerprint density at radius 1 is 1.10 bits per heavy atom. The van der Waals surface area contributed by atoms with E-state index in [0.29, 0.717) is 44.9 Å². The van der Waals surface area contributed by atoms with E-state index in [1.165, 1.54) is 0 Å². The van der Waals surface area contributed by atoms with Crippen LogP contribution in [0.4, 0.5) is 5.69 Å². The van der Waals surface area contributed by atoms with Crippen LogP contribution >= 0.6 is 23.8 Å². The monoisotopic (exact) mass is 430 g/mol. The van der Waals surface area contributed by atoms with E-state index < -0.39 is 0 Å². The SMILES string of the molecule is O=C(NC(=S)Nc1ccc(Cl)c(-c2ccc(CO)o2)c1)c1ccc2c(c1)OCO2. The van der Waals surface area contributed by atoms with Gasteiger partial charge in [0, 0.05) is 16.8 Å². The molecule has 0 bridgehead atoms. The quantitative estimate of drug-likeness (QED) is 0.539. The second kappa shape index (κ2) is 8.12. The zero-order chi connectivity index (χ0) is 20.4. The van der Waals surface area contributed by atoms with Crippen molar-refractivity contribution in [2.45, 2.75) is 6.61 Å². The average Bonchev–Trinajstić information content (AvgIpc) is 3.37. The number of nitrogens with one attached hydrogen (secondary N) is 2. The van der Waals surface area contributed by atoms with Gasteiger partial charge in [-0.15, -0.1) is 0 Å². The first kappa shape index (κ1) is 19.3. The van der Waals surface area contributed by atoms with E-state index in [1.54, 1.807) is 48.5 Å². The van der Waals surface area contributed by atoms with E-state index in [1.807, 2.05) is 0 Å². The molecule has 29 heavy (non-hydrogen) atoms. The summed E-state index contributed by atoms with van der Waals surface area (Å²) in [4.78, 5) is 12.4. The smallest absolute Gasteiger partial charge is 0.257 e. The molecule has 1 aromatic heterocycles. The number of aliphatic hydroxyl groups excluding tert-OH is 1. The summed E-state index contributed by atoms with van der Waals surface area (Å²) in [5.41, 5.74) is 1.63. The molecule has 1 aliphatic rings. The number of thiocarbonyl (C=S) groups is 1. The number of carbonyl (C=O) groups excluding carboxylic acids is 1. The number of hydrogen-bond donors (Lipinski definition) is 3. The van der Waals surface area contributed by atoms with Gasteiger partial charge in [0.2, 0.25) is 6.79 Å². The molecule has 0 radical (unpaired) electrons. The summed E-state index contributed by atoms with van der Waals surface area (Å²) in [6.45, 7) is -0.0692. The fraction of sp³-hybridized carbons (Fsp3) is 0.100. The second-order valence-electron chi connectivity index (χ2n) is 6.09. The van der Waals surface area contributed by atoms with Crippen LogP contribution in [-0.2, 0) is 6.61 Å². The van der Waals surface area contributed by atoms with E-state index in [0.717, 1.165) is 0 Å². The Kier molecular flexibility index (Phi) is 5.39. The Balaban J connectivity index is 1.45. The molecule has 3 aromatic rings. The Labute approximate surface area is 176 Å². The van der Waals surface area contributed by atoms with Crippen LogP contribution in [0.1, 0.15) is 16.1 Å². The number of furan rings is 1. The van der Waals surface area contributed by atoms with Crippen LogP contribution in [-0.4, -0.2) is 22.9 Å². The van der Waals surface area contributed by atoms with E-state index in [9.17, 15) is 4.79 Å². The molecule has 0 saturated heterocycles. The average molecular weight is 431 g/mol. The van der Waals surface area contributed by atoms with Crippen molar-refractivity contribution in [1.82, 2.24) is 5.32 Å². The van der Waals surface area contributed by atoms with Crippen molar-refractivity contribution in [2.24, 2.45) is 0 Å². The lowest BCUT2D eigenvalue weighted by Crippen LogP contribution is -2.34. The molecule has 0 fully saturated rings. The highest BCUT2D eigenvalue weighted by atomic mass is 35.5. The second-order valence-corrected chi connectivity index (χ2v) is 6.91. The first-order valence-corrected chi connectivity index (χ1v) is 9.33. The third kappa shape index (κ3) is 4.19. The maximum Gasteiger partial charge on any atom is 0.257 e. The summed E-state index contributed by atoms with van der Waals surface area (Å²) in [6.07, 6.45) is 0. The lowest BCUT2D eigenvalue weighted by molar-refractivity contribution is 0.0977. The maximum atomic E-state index is 12.4. The first-order valence-electron chi connectivity index (χ1n) is 8.55. The zero-order valence-electron chi connectivity index (χ0n) is 14.9. The standard InChI is InChI=1S/C20H15ClN2O5S/c21-15-4-2-12(8-14(15)16-6-3-13(9-24)28-16)22-20(29)23-19(25)11-1-5-17-18(7-11)27-10-26-17/h1-8,24H,9-10H2,(H2,22,23,25,29). The molecule has 7 nitrogen and oxygen atoms in total. The third-order valence-electron chi connectivity index (χ3n) is 4.17. The van der Waals surface area contributed by atoms with Gasteiger partial charge in [0.1, 0.15) is 18.1 Å². The van der Waals surface area contributed by atoms with Crippen LogP contribution in [0, 0.1) is 0 Å². The molecular formula is C20H15ClN2O5S. The number of anilines is 1. The Hall–Kier alpha value is -3.07. The lowest BCUT2D eigenvalue weighted by atomic mass is 10.1. The summed E-state index contributed by atoms with van der Waals surface area (Å²) in [5.74, 6) is 1.67. The van der Waals surface area contributed by atoms with Gasteiger partial charge >= 0.3 is 0 Å². The lowest BCUT2D eigenvalue weighted by Gasteiger charge is -2.11. The molecular weight excluding hydrogens is 416 g/mol. The van der Waals surface area contributed by atoms with Crippen molar-refractivity contribution in [3.05, 3.63) is 64.9 Å². The largest absolute Gasteiger partial charge is 0.459 e. The minimum Gasteiger partial charge on any atom is -0.459 e. The van der Waals surface area contributed by atoms with Crippen molar-refractivity contribution in [2.75, 3.05) is 12.1 Å². The third-order valence-corrected chi connectivity index (χ3v) is 4.70. The van der Waals surface area contributed by atoms with E-state index in [-0.39, 0.29) is 24.4 Å². The van der Waals surface area contributed by atoms with E-state index in [2.05, 4.69) is 10.6 Å². The minimum atomic E-state index is -0.381. The molecule has 9 heteroatoms. The van der Waals surface area contributed by atoms with Crippen LogP contribution in [0.5, 0.6) is 11.5 Å². The summed E-state index contributed by atoms with van der Waals surface area (Å²) in [5, 5.41) is 15.3. The van der Waals surface area contributed by atoms with Crippen LogP contribution in [0.25, 0.3) is 11.3 Å². The molecule has 0 saturated carbocycles. The van der Waals surface area contributed by atoms with Gasteiger partial charge in [-0.3, -0.25) is 10.1 Å². The Bertz CT molecular complexity index is 1100. The number of fused-ring (bicyclic) bond motifs is 1. The van der Waals surface area contributed by atoms with Gasteiger partial charge in [-0.25, -0.2) is 0 Å².